The van der Waals surface area contributed by atoms with Crippen molar-refractivity contribution >= 4 is 23.2 Å². The Kier molecular flexibility index (Phi) is 3.99. The second kappa shape index (κ2) is 5.87. The van der Waals surface area contributed by atoms with Crippen LogP contribution in [-0.4, -0.2) is 27.7 Å². The van der Waals surface area contributed by atoms with E-state index in [0.29, 0.717) is 23.9 Å². The van der Waals surface area contributed by atoms with Crippen LogP contribution in [0.4, 0.5) is 17.2 Å². The van der Waals surface area contributed by atoms with Gasteiger partial charge in [-0.25, -0.2) is 14.8 Å². The zero-order valence-corrected chi connectivity index (χ0v) is 10.8. The molecule has 0 saturated carbocycles. The molecular formula is C13H14N4O3. The van der Waals surface area contributed by atoms with Crippen molar-refractivity contribution in [2.45, 2.75) is 6.92 Å². The third kappa shape index (κ3) is 3.14. The predicted molar refractivity (Wildman–Crippen MR) is 74.3 cm³/mol. The Morgan fingerprint density at radius 3 is 2.80 bits per heavy atom. The van der Waals surface area contributed by atoms with Gasteiger partial charge in [-0.05, 0) is 25.1 Å². The fourth-order valence-electron chi connectivity index (χ4n) is 1.51. The maximum absolute atomic E-state index is 10.9. The minimum atomic E-state index is -1.11. The van der Waals surface area contributed by atoms with Crippen molar-refractivity contribution in [3.05, 3.63) is 36.2 Å². The largest absolute Gasteiger partial charge is 0.478 e. The smallest absolute Gasteiger partial charge is 0.354 e. The standard InChI is InChI=1S/C13H14N4O3/c1-2-20-11-6-3-8(7-15-11)16-12-9(14)4-5-10(17-12)13(18)19/h3-7H,2,14H2,1H3,(H,16,17)(H,18,19). The quantitative estimate of drug-likeness (QED) is 0.763. The van der Waals surface area contributed by atoms with E-state index in [9.17, 15) is 4.79 Å². The lowest BCUT2D eigenvalue weighted by atomic mass is 10.3. The number of nitrogen functional groups attached to an aromatic ring is 1. The summed E-state index contributed by atoms with van der Waals surface area (Å²) in [7, 11) is 0. The molecule has 0 atom stereocenters. The van der Waals surface area contributed by atoms with Crippen LogP contribution in [-0.2, 0) is 0 Å². The summed E-state index contributed by atoms with van der Waals surface area (Å²) in [5.74, 6) is -0.327. The topological polar surface area (TPSA) is 110 Å². The van der Waals surface area contributed by atoms with Crippen molar-refractivity contribution in [2.75, 3.05) is 17.7 Å². The number of aromatic nitrogens is 2. The number of nitrogens with two attached hydrogens (primary N) is 1. The summed E-state index contributed by atoms with van der Waals surface area (Å²) in [5, 5.41) is 11.8. The molecule has 0 aromatic carbocycles. The highest BCUT2D eigenvalue weighted by atomic mass is 16.5. The zero-order valence-electron chi connectivity index (χ0n) is 10.8. The molecule has 0 fully saturated rings. The molecule has 2 aromatic rings. The number of hydrogen-bond donors (Lipinski definition) is 3. The van der Waals surface area contributed by atoms with Crippen LogP contribution in [0.15, 0.2) is 30.5 Å². The van der Waals surface area contributed by atoms with Crippen LogP contribution < -0.4 is 15.8 Å². The number of anilines is 3. The SMILES string of the molecule is CCOc1ccc(Nc2nc(C(=O)O)ccc2N)cn1. The van der Waals surface area contributed by atoms with Gasteiger partial charge in [0.25, 0.3) is 0 Å². The van der Waals surface area contributed by atoms with Gasteiger partial charge >= 0.3 is 5.97 Å². The van der Waals surface area contributed by atoms with Crippen molar-refractivity contribution in [3.8, 4) is 5.88 Å². The first kappa shape index (κ1) is 13.6. The molecule has 0 saturated heterocycles. The molecule has 20 heavy (non-hydrogen) atoms. The molecule has 0 spiro atoms. The summed E-state index contributed by atoms with van der Waals surface area (Å²) in [6, 6.07) is 6.27. The number of ether oxygens (including phenoxy) is 1. The Hall–Kier alpha value is -2.83. The van der Waals surface area contributed by atoms with Gasteiger partial charge in [0.05, 0.1) is 24.2 Å². The van der Waals surface area contributed by atoms with Crippen LogP contribution >= 0.6 is 0 Å². The summed E-state index contributed by atoms with van der Waals surface area (Å²) in [5.41, 5.74) is 6.65. The first-order chi connectivity index (χ1) is 9.60. The number of hydrogen-bond acceptors (Lipinski definition) is 6. The first-order valence-corrected chi connectivity index (χ1v) is 5.96. The molecule has 0 radical (unpaired) electrons. The second-order valence-electron chi connectivity index (χ2n) is 3.88. The van der Waals surface area contributed by atoms with Gasteiger partial charge in [-0.1, -0.05) is 0 Å². The number of aromatic carboxylic acids is 1. The van der Waals surface area contributed by atoms with E-state index in [2.05, 4.69) is 15.3 Å². The normalized spacial score (nSPS) is 10.1. The van der Waals surface area contributed by atoms with E-state index in [4.69, 9.17) is 15.6 Å². The van der Waals surface area contributed by atoms with Crippen molar-refractivity contribution < 1.29 is 14.6 Å². The van der Waals surface area contributed by atoms with Gasteiger partial charge in [0, 0.05) is 6.07 Å². The van der Waals surface area contributed by atoms with Crippen molar-refractivity contribution in [1.29, 1.82) is 0 Å². The molecule has 7 nitrogen and oxygen atoms in total. The Morgan fingerprint density at radius 1 is 1.40 bits per heavy atom. The number of rotatable bonds is 5. The zero-order chi connectivity index (χ0) is 14.5. The van der Waals surface area contributed by atoms with Crippen LogP contribution in [0.1, 0.15) is 17.4 Å². The summed E-state index contributed by atoms with van der Waals surface area (Å²) >= 11 is 0. The van der Waals surface area contributed by atoms with E-state index in [1.54, 1.807) is 18.3 Å². The molecule has 0 amide bonds. The minimum Gasteiger partial charge on any atom is -0.478 e. The van der Waals surface area contributed by atoms with Crippen molar-refractivity contribution in [1.82, 2.24) is 9.97 Å². The maximum Gasteiger partial charge on any atom is 0.354 e. The van der Waals surface area contributed by atoms with E-state index in [1.807, 2.05) is 6.92 Å². The molecule has 0 aliphatic heterocycles. The molecule has 0 aliphatic rings. The van der Waals surface area contributed by atoms with E-state index in [-0.39, 0.29) is 11.5 Å². The van der Waals surface area contributed by atoms with E-state index >= 15 is 0 Å². The van der Waals surface area contributed by atoms with Gasteiger partial charge in [0.2, 0.25) is 5.88 Å². The summed E-state index contributed by atoms with van der Waals surface area (Å²) in [4.78, 5) is 18.9. The first-order valence-electron chi connectivity index (χ1n) is 5.96. The second-order valence-corrected chi connectivity index (χ2v) is 3.88. The lowest BCUT2D eigenvalue weighted by Gasteiger charge is -2.09. The maximum atomic E-state index is 10.9. The predicted octanol–water partition coefficient (Wildman–Crippen LogP) is 1.90. The Bertz CT molecular complexity index is 614. The summed E-state index contributed by atoms with van der Waals surface area (Å²) < 4.78 is 5.23. The van der Waals surface area contributed by atoms with Gasteiger partial charge in [0.1, 0.15) is 0 Å². The lowest BCUT2D eigenvalue weighted by molar-refractivity contribution is 0.0690. The molecule has 4 N–H and O–H groups in total. The lowest BCUT2D eigenvalue weighted by Crippen LogP contribution is -2.06. The highest BCUT2D eigenvalue weighted by Gasteiger charge is 2.09. The molecule has 104 valence electrons. The molecule has 7 heteroatoms. The number of nitrogens with one attached hydrogen (secondary N) is 1. The number of nitrogens with zero attached hydrogens (tertiary/aromatic N) is 2. The number of carbonyl (C=O) groups is 1. The molecule has 0 bridgehead atoms. The van der Waals surface area contributed by atoms with Gasteiger partial charge in [-0.15, -0.1) is 0 Å². The molecule has 0 aliphatic carbocycles. The molecule has 0 unspecified atom stereocenters. The van der Waals surface area contributed by atoms with E-state index in [1.165, 1.54) is 12.1 Å². The van der Waals surface area contributed by atoms with Gasteiger partial charge in [-0.2, -0.15) is 0 Å². The molecule has 2 aromatic heterocycles. The monoisotopic (exact) mass is 274 g/mol. The van der Waals surface area contributed by atoms with Crippen LogP contribution in [0, 0.1) is 0 Å². The fraction of sp³-hybridized carbons (Fsp3) is 0.154. The Balaban J connectivity index is 2.20. The summed E-state index contributed by atoms with van der Waals surface area (Å²) in [6.07, 6.45) is 1.56. The van der Waals surface area contributed by atoms with Crippen molar-refractivity contribution in [3.63, 3.8) is 0 Å². The highest BCUT2D eigenvalue weighted by molar-refractivity contribution is 5.87. The van der Waals surface area contributed by atoms with E-state index in [0.717, 1.165) is 0 Å². The number of pyridine rings is 2. The fourth-order valence-corrected chi connectivity index (χ4v) is 1.51. The minimum absolute atomic E-state index is 0.0828. The number of carboxylic acid groups (broad SMARTS) is 1. The van der Waals surface area contributed by atoms with Gasteiger partial charge in [-0.3, -0.25) is 0 Å². The third-order valence-electron chi connectivity index (χ3n) is 2.44. The van der Waals surface area contributed by atoms with Gasteiger partial charge < -0.3 is 20.9 Å². The van der Waals surface area contributed by atoms with Crippen LogP contribution in [0.2, 0.25) is 0 Å². The molecule has 2 rings (SSSR count). The van der Waals surface area contributed by atoms with E-state index < -0.39 is 5.97 Å². The molecule has 2 heterocycles. The van der Waals surface area contributed by atoms with Gasteiger partial charge in [0.15, 0.2) is 11.5 Å². The van der Waals surface area contributed by atoms with Crippen LogP contribution in [0.25, 0.3) is 0 Å². The Morgan fingerprint density at radius 2 is 2.20 bits per heavy atom. The average molecular weight is 274 g/mol. The summed E-state index contributed by atoms with van der Waals surface area (Å²) in [6.45, 7) is 2.41. The number of carboxylic acids is 1. The van der Waals surface area contributed by atoms with Crippen LogP contribution in [0.3, 0.4) is 0 Å². The van der Waals surface area contributed by atoms with Crippen LogP contribution in [0.5, 0.6) is 5.88 Å². The molecular weight excluding hydrogens is 260 g/mol. The Labute approximate surface area is 115 Å². The average Bonchev–Trinajstić information content (AvgIpc) is 2.43. The third-order valence-corrected chi connectivity index (χ3v) is 2.44. The van der Waals surface area contributed by atoms with Crippen molar-refractivity contribution in [2.24, 2.45) is 0 Å². The highest BCUT2D eigenvalue weighted by Crippen LogP contribution is 2.21.